The lowest BCUT2D eigenvalue weighted by Crippen LogP contribution is -2.43. The molecular formula is C21H21ClN4O6S2. The predicted octanol–water partition coefficient (Wildman–Crippen LogP) is 2.83. The Balaban J connectivity index is 1.43. The molecule has 10 nitrogen and oxygen atoms in total. The molecule has 0 bridgehead atoms. The molecule has 1 fully saturated rings. The number of nitrogens with one attached hydrogen (secondary N) is 1. The van der Waals surface area contributed by atoms with E-state index in [1.807, 2.05) is 0 Å². The minimum absolute atomic E-state index is 0.0186. The molecular weight excluding hydrogens is 504 g/mol. The Morgan fingerprint density at radius 1 is 1.03 bits per heavy atom. The summed E-state index contributed by atoms with van der Waals surface area (Å²) in [6.07, 6.45) is 2.13. The minimum Gasteiger partial charge on any atom is -0.403 e. The van der Waals surface area contributed by atoms with Crippen molar-refractivity contribution in [3.05, 3.63) is 53.6 Å². The Kier molecular flexibility index (Phi) is 6.76. The first-order valence-electron chi connectivity index (χ1n) is 10.2. The Morgan fingerprint density at radius 3 is 2.32 bits per heavy atom. The molecule has 1 aromatic heterocycles. The highest BCUT2D eigenvalue weighted by atomic mass is 35.5. The predicted molar refractivity (Wildman–Crippen MR) is 124 cm³/mol. The summed E-state index contributed by atoms with van der Waals surface area (Å²) in [6, 6.07) is 11.6. The van der Waals surface area contributed by atoms with Gasteiger partial charge in [0.05, 0.1) is 15.7 Å². The number of nitrogens with zero attached hydrogens (tertiary/aromatic N) is 3. The molecule has 1 unspecified atom stereocenters. The molecule has 0 radical (unpaired) electrons. The SMILES string of the molecule is CS(=O)(=O)c1ccc(-c2nnc(NC(=O)C3CCCN(S(=O)(=O)c4ccc(Cl)cc4)C3)o2)cc1. The molecule has 2 heterocycles. The van der Waals surface area contributed by atoms with Crippen LogP contribution in [-0.4, -0.2) is 56.6 Å². The third kappa shape index (κ3) is 5.30. The average Bonchev–Trinajstić information content (AvgIpc) is 3.27. The van der Waals surface area contributed by atoms with Gasteiger partial charge in [-0.25, -0.2) is 16.8 Å². The molecule has 180 valence electrons. The first-order chi connectivity index (χ1) is 16.0. The fourth-order valence-electron chi connectivity index (χ4n) is 3.57. The van der Waals surface area contributed by atoms with E-state index in [1.54, 1.807) is 0 Å². The Hall–Kier alpha value is -2.80. The van der Waals surface area contributed by atoms with Crippen LogP contribution in [0.5, 0.6) is 0 Å². The zero-order chi connectivity index (χ0) is 24.5. The van der Waals surface area contributed by atoms with Gasteiger partial charge in [-0.1, -0.05) is 16.7 Å². The molecule has 1 amide bonds. The number of aromatic nitrogens is 2. The molecule has 1 atom stereocenters. The summed E-state index contributed by atoms with van der Waals surface area (Å²) in [4.78, 5) is 13.0. The quantitative estimate of drug-likeness (QED) is 0.519. The van der Waals surface area contributed by atoms with Crippen LogP contribution in [0, 0.1) is 5.92 Å². The van der Waals surface area contributed by atoms with Crippen molar-refractivity contribution in [3.63, 3.8) is 0 Å². The van der Waals surface area contributed by atoms with E-state index in [0.717, 1.165) is 6.26 Å². The lowest BCUT2D eigenvalue weighted by atomic mass is 9.99. The van der Waals surface area contributed by atoms with Crippen LogP contribution < -0.4 is 5.32 Å². The van der Waals surface area contributed by atoms with Gasteiger partial charge in [-0.05, 0) is 61.4 Å². The maximum atomic E-state index is 12.9. The first-order valence-corrected chi connectivity index (χ1v) is 14.0. The van der Waals surface area contributed by atoms with Crippen LogP contribution in [0.3, 0.4) is 0 Å². The number of sulfone groups is 1. The maximum absolute atomic E-state index is 12.9. The molecule has 0 spiro atoms. The third-order valence-corrected chi connectivity index (χ3v) is 8.65. The summed E-state index contributed by atoms with van der Waals surface area (Å²) in [5.41, 5.74) is 0.485. The molecule has 1 saturated heterocycles. The van der Waals surface area contributed by atoms with Crippen LogP contribution in [0.4, 0.5) is 6.01 Å². The molecule has 13 heteroatoms. The lowest BCUT2D eigenvalue weighted by Gasteiger charge is -2.30. The van der Waals surface area contributed by atoms with Gasteiger partial charge < -0.3 is 4.42 Å². The van der Waals surface area contributed by atoms with Crippen LogP contribution >= 0.6 is 11.6 Å². The second-order valence-corrected chi connectivity index (χ2v) is 12.2. The van der Waals surface area contributed by atoms with E-state index in [2.05, 4.69) is 15.5 Å². The zero-order valence-corrected chi connectivity index (χ0v) is 20.4. The fraction of sp³-hybridized carbons (Fsp3) is 0.286. The van der Waals surface area contributed by atoms with Crippen molar-refractivity contribution in [2.24, 2.45) is 5.92 Å². The maximum Gasteiger partial charge on any atom is 0.322 e. The Bertz CT molecular complexity index is 1400. The van der Waals surface area contributed by atoms with Gasteiger partial charge in [0.25, 0.3) is 0 Å². The smallest absolute Gasteiger partial charge is 0.322 e. The van der Waals surface area contributed by atoms with Gasteiger partial charge in [0, 0.05) is 29.9 Å². The Morgan fingerprint density at radius 2 is 1.68 bits per heavy atom. The number of halogens is 1. The molecule has 0 saturated carbocycles. The highest BCUT2D eigenvalue weighted by Gasteiger charge is 2.33. The molecule has 0 aliphatic carbocycles. The van der Waals surface area contributed by atoms with Crippen molar-refractivity contribution >= 4 is 43.4 Å². The van der Waals surface area contributed by atoms with E-state index < -0.39 is 31.7 Å². The third-order valence-electron chi connectivity index (χ3n) is 5.39. The van der Waals surface area contributed by atoms with Gasteiger partial charge in [0.1, 0.15) is 0 Å². The van der Waals surface area contributed by atoms with Crippen LogP contribution in [0.1, 0.15) is 12.8 Å². The van der Waals surface area contributed by atoms with Gasteiger partial charge in [-0.2, -0.15) is 4.31 Å². The number of benzene rings is 2. The van der Waals surface area contributed by atoms with Crippen molar-refractivity contribution in [2.45, 2.75) is 22.6 Å². The number of sulfonamides is 1. The summed E-state index contributed by atoms with van der Waals surface area (Å²) in [7, 11) is -7.10. The highest BCUT2D eigenvalue weighted by molar-refractivity contribution is 7.90. The van der Waals surface area contributed by atoms with Gasteiger partial charge in [-0.3, -0.25) is 10.1 Å². The van der Waals surface area contributed by atoms with Gasteiger partial charge in [0.15, 0.2) is 9.84 Å². The number of anilines is 1. The number of piperidine rings is 1. The number of hydrogen-bond acceptors (Lipinski definition) is 8. The summed E-state index contributed by atoms with van der Waals surface area (Å²) in [5.74, 6) is -0.926. The summed E-state index contributed by atoms with van der Waals surface area (Å²) in [6.45, 7) is 0.327. The first kappa shape index (κ1) is 24.3. The molecule has 3 aromatic rings. The van der Waals surface area contributed by atoms with E-state index in [-0.39, 0.29) is 28.2 Å². The van der Waals surface area contributed by atoms with Crippen LogP contribution in [0.25, 0.3) is 11.5 Å². The number of amides is 1. The fourth-order valence-corrected chi connectivity index (χ4v) is 5.85. The van der Waals surface area contributed by atoms with E-state index >= 15 is 0 Å². The van der Waals surface area contributed by atoms with Gasteiger partial charge in [-0.15, -0.1) is 5.10 Å². The number of hydrogen-bond donors (Lipinski definition) is 1. The molecule has 2 aromatic carbocycles. The number of carbonyl (C=O) groups is 1. The van der Waals surface area contributed by atoms with Crippen molar-refractivity contribution in [1.29, 1.82) is 0 Å². The van der Waals surface area contributed by atoms with Crippen molar-refractivity contribution in [3.8, 4) is 11.5 Å². The van der Waals surface area contributed by atoms with E-state index in [0.29, 0.717) is 30.0 Å². The van der Waals surface area contributed by atoms with Crippen LogP contribution in [-0.2, 0) is 24.7 Å². The Labute approximate surface area is 201 Å². The summed E-state index contributed by atoms with van der Waals surface area (Å²) in [5, 5.41) is 10.7. The highest BCUT2D eigenvalue weighted by Crippen LogP contribution is 2.26. The zero-order valence-electron chi connectivity index (χ0n) is 18.0. The van der Waals surface area contributed by atoms with E-state index in [4.69, 9.17) is 16.0 Å². The van der Waals surface area contributed by atoms with Crippen molar-refractivity contribution in [1.82, 2.24) is 14.5 Å². The largest absolute Gasteiger partial charge is 0.403 e. The number of carbonyl (C=O) groups excluding carboxylic acids is 1. The average molecular weight is 525 g/mol. The molecule has 34 heavy (non-hydrogen) atoms. The normalized spacial score (nSPS) is 17.4. The molecule has 1 N–H and O–H groups in total. The topological polar surface area (TPSA) is 140 Å². The second-order valence-electron chi connectivity index (χ2n) is 7.85. The summed E-state index contributed by atoms with van der Waals surface area (Å²) >= 11 is 5.85. The second kappa shape index (κ2) is 9.45. The minimum atomic E-state index is -3.76. The molecule has 4 rings (SSSR count). The molecule has 1 aliphatic heterocycles. The van der Waals surface area contributed by atoms with Crippen molar-refractivity contribution < 1.29 is 26.0 Å². The summed E-state index contributed by atoms with van der Waals surface area (Å²) < 4.78 is 55.8. The van der Waals surface area contributed by atoms with Gasteiger partial charge >= 0.3 is 6.01 Å². The van der Waals surface area contributed by atoms with E-state index in [9.17, 15) is 21.6 Å². The monoisotopic (exact) mass is 524 g/mol. The standard InChI is InChI=1S/C21H21ClN4O6S2/c1-33(28,29)17-8-4-14(5-9-17)20-24-25-21(32-20)23-19(27)15-3-2-12-26(13-15)34(30,31)18-10-6-16(22)7-11-18/h4-11,15H,2-3,12-13H2,1H3,(H,23,25,27). The van der Waals surface area contributed by atoms with Crippen molar-refractivity contribution in [2.75, 3.05) is 24.7 Å². The lowest BCUT2D eigenvalue weighted by molar-refractivity contribution is -0.121. The van der Waals surface area contributed by atoms with Gasteiger partial charge in [0.2, 0.25) is 21.8 Å². The number of rotatable bonds is 6. The molecule has 1 aliphatic rings. The van der Waals surface area contributed by atoms with E-state index in [1.165, 1.54) is 52.8 Å². The van der Waals surface area contributed by atoms with Crippen LogP contribution in [0.15, 0.2) is 62.7 Å². The van der Waals surface area contributed by atoms with Crippen LogP contribution in [0.2, 0.25) is 5.02 Å².